The van der Waals surface area contributed by atoms with Crippen LogP contribution in [0, 0.1) is 0 Å². The normalized spacial score (nSPS) is 15.2. The van der Waals surface area contributed by atoms with Crippen molar-refractivity contribution in [2.45, 2.75) is 25.7 Å². The molecule has 0 bridgehead atoms. The zero-order chi connectivity index (χ0) is 17.3. The fourth-order valence-corrected chi connectivity index (χ4v) is 2.72. The van der Waals surface area contributed by atoms with E-state index in [1.54, 1.807) is 12.3 Å². The summed E-state index contributed by atoms with van der Waals surface area (Å²) >= 11 is 0. The Hall–Kier alpha value is -2.42. The van der Waals surface area contributed by atoms with Crippen molar-refractivity contribution in [3.8, 4) is 5.88 Å². The Morgan fingerprint density at radius 3 is 2.92 bits per heavy atom. The first-order valence-electron chi connectivity index (χ1n) is 7.28. The fraction of sp³-hybridized carbons (Fsp3) is 0.400. The van der Waals surface area contributed by atoms with E-state index in [0.29, 0.717) is 19.0 Å². The summed E-state index contributed by atoms with van der Waals surface area (Å²) in [5.41, 5.74) is 0.590. The number of rotatable bonds is 3. The van der Waals surface area contributed by atoms with E-state index in [0.717, 1.165) is 5.56 Å². The van der Waals surface area contributed by atoms with Crippen LogP contribution in [0.4, 0.5) is 13.2 Å². The first kappa shape index (κ1) is 16.4. The van der Waals surface area contributed by atoms with Gasteiger partial charge in [0.15, 0.2) is 0 Å². The molecule has 0 aliphatic carbocycles. The number of alkyl halides is 3. The zero-order valence-corrected chi connectivity index (χ0v) is 12.9. The van der Waals surface area contributed by atoms with Crippen LogP contribution in [0.2, 0.25) is 0 Å². The molecule has 1 aliphatic heterocycles. The summed E-state index contributed by atoms with van der Waals surface area (Å²) in [7, 11) is 1.52. The van der Waals surface area contributed by atoms with Gasteiger partial charge < -0.3 is 9.72 Å². The highest BCUT2D eigenvalue weighted by atomic mass is 19.4. The molecule has 0 radical (unpaired) electrons. The molecule has 0 amide bonds. The van der Waals surface area contributed by atoms with E-state index in [2.05, 4.69) is 9.97 Å². The third kappa shape index (κ3) is 3.25. The molecule has 9 heteroatoms. The lowest BCUT2D eigenvalue weighted by Gasteiger charge is -2.28. The Kier molecular flexibility index (Phi) is 4.27. The van der Waals surface area contributed by atoms with Crippen LogP contribution in [0.5, 0.6) is 5.88 Å². The molecule has 1 N–H and O–H groups in total. The largest absolute Gasteiger partial charge is 0.481 e. The highest BCUT2D eigenvalue weighted by molar-refractivity contribution is 5.27. The van der Waals surface area contributed by atoms with Crippen molar-refractivity contribution in [1.29, 1.82) is 0 Å². The summed E-state index contributed by atoms with van der Waals surface area (Å²) in [5.74, 6) is -0.753. The van der Waals surface area contributed by atoms with Gasteiger partial charge in [0.2, 0.25) is 11.7 Å². The van der Waals surface area contributed by atoms with Crippen LogP contribution in [0.3, 0.4) is 0 Å². The van der Waals surface area contributed by atoms with Gasteiger partial charge in [0, 0.05) is 37.8 Å². The first-order chi connectivity index (χ1) is 11.4. The number of pyridine rings is 1. The number of hydrogen-bond donors (Lipinski definition) is 1. The number of halogens is 3. The molecule has 1 aliphatic rings. The Morgan fingerprint density at radius 1 is 1.42 bits per heavy atom. The Bertz CT molecular complexity index is 804. The van der Waals surface area contributed by atoms with Crippen LogP contribution < -0.4 is 10.3 Å². The molecule has 6 nitrogen and oxygen atoms in total. The third-order valence-electron chi connectivity index (χ3n) is 3.85. The number of ether oxygens (including phenoxy) is 1. The molecule has 3 rings (SSSR count). The van der Waals surface area contributed by atoms with Crippen molar-refractivity contribution in [2.24, 2.45) is 0 Å². The lowest BCUT2D eigenvalue weighted by atomic mass is 10.1. The van der Waals surface area contributed by atoms with Crippen molar-refractivity contribution in [3.63, 3.8) is 0 Å². The van der Waals surface area contributed by atoms with Gasteiger partial charge in [-0.05, 0) is 6.07 Å². The number of hydrogen-bond acceptors (Lipinski definition) is 5. The SMILES string of the molecule is COc1ncccc1CN1CCc2nc(C(F)(F)F)[nH]c(=O)c2C1. The molecule has 128 valence electrons. The maximum absolute atomic E-state index is 12.7. The predicted octanol–water partition coefficient (Wildman–Crippen LogP) is 1.75. The monoisotopic (exact) mass is 340 g/mol. The molecular formula is C15H15F3N4O2. The maximum atomic E-state index is 12.7. The second-order valence-electron chi connectivity index (χ2n) is 5.47. The number of aromatic amines is 1. The molecule has 0 fully saturated rings. The van der Waals surface area contributed by atoms with Crippen LogP contribution in [0.25, 0.3) is 0 Å². The number of nitrogens with one attached hydrogen (secondary N) is 1. The van der Waals surface area contributed by atoms with Crippen molar-refractivity contribution < 1.29 is 17.9 Å². The van der Waals surface area contributed by atoms with Gasteiger partial charge in [-0.3, -0.25) is 9.69 Å². The molecule has 0 saturated carbocycles. The summed E-state index contributed by atoms with van der Waals surface area (Å²) < 4.78 is 43.4. The van der Waals surface area contributed by atoms with Gasteiger partial charge >= 0.3 is 6.18 Å². The number of fused-ring (bicyclic) bond motifs is 1. The molecule has 0 aromatic carbocycles. The van der Waals surface area contributed by atoms with Crippen LogP contribution in [0.1, 0.15) is 22.6 Å². The molecule has 0 saturated heterocycles. The van der Waals surface area contributed by atoms with Gasteiger partial charge in [-0.2, -0.15) is 13.2 Å². The van der Waals surface area contributed by atoms with Crippen LogP contribution in [-0.4, -0.2) is 33.5 Å². The molecule has 0 spiro atoms. The van der Waals surface area contributed by atoms with Gasteiger partial charge in [-0.15, -0.1) is 0 Å². The van der Waals surface area contributed by atoms with Gasteiger partial charge in [-0.25, -0.2) is 9.97 Å². The molecule has 24 heavy (non-hydrogen) atoms. The van der Waals surface area contributed by atoms with Crippen LogP contribution >= 0.6 is 0 Å². The molecule has 2 aromatic rings. The van der Waals surface area contributed by atoms with E-state index in [1.807, 2.05) is 16.0 Å². The minimum Gasteiger partial charge on any atom is -0.481 e. The van der Waals surface area contributed by atoms with E-state index in [1.165, 1.54) is 7.11 Å². The number of aromatic nitrogens is 3. The maximum Gasteiger partial charge on any atom is 0.449 e. The third-order valence-corrected chi connectivity index (χ3v) is 3.85. The van der Waals surface area contributed by atoms with Crippen molar-refractivity contribution in [2.75, 3.05) is 13.7 Å². The topological polar surface area (TPSA) is 71.1 Å². The number of methoxy groups -OCH3 is 1. The quantitative estimate of drug-likeness (QED) is 0.922. The standard InChI is InChI=1S/C15H15F3N4O2/c1-24-13-9(3-2-5-19-13)7-22-6-4-11-10(8-22)12(23)21-14(20-11)15(16,17)18/h2-3,5H,4,6-8H2,1H3,(H,20,21,23). The summed E-state index contributed by atoms with van der Waals surface area (Å²) in [6, 6.07) is 3.64. The summed E-state index contributed by atoms with van der Waals surface area (Å²) in [5, 5.41) is 0. The minimum atomic E-state index is -4.66. The van der Waals surface area contributed by atoms with Crippen molar-refractivity contribution >= 4 is 0 Å². The second kappa shape index (κ2) is 6.23. The van der Waals surface area contributed by atoms with Gasteiger partial charge in [0.25, 0.3) is 5.56 Å². The smallest absolute Gasteiger partial charge is 0.449 e. The van der Waals surface area contributed by atoms with Gasteiger partial charge in [0.05, 0.1) is 18.4 Å². The molecule has 0 atom stereocenters. The zero-order valence-electron chi connectivity index (χ0n) is 12.9. The highest BCUT2D eigenvalue weighted by Crippen LogP contribution is 2.27. The van der Waals surface area contributed by atoms with E-state index in [4.69, 9.17) is 4.74 Å². The molecular weight excluding hydrogens is 325 g/mol. The highest BCUT2D eigenvalue weighted by Gasteiger charge is 2.36. The Labute approximate surface area is 135 Å². The Morgan fingerprint density at radius 2 is 2.21 bits per heavy atom. The van der Waals surface area contributed by atoms with E-state index in [-0.39, 0.29) is 24.2 Å². The van der Waals surface area contributed by atoms with Crippen molar-refractivity contribution in [1.82, 2.24) is 19.9 Å². The summed E-state index contributed by atoms with van der Waals surface area (Å²) in [4.78, 5) is 23.5. The number of H-pyrrole nitrogens is 1. The van der Waals surface area contributed by atoms with Crippen molar-refractivity contribution in [3.05, 3.63) is 51.3 Å². The molecule has 2 aromatic heterocycles. The molecule has 0 unspecified atom stereocenters. The average Bonchev–Trinajstić information content (AvgIpc) is 2.55. The van der Waals surface area contributed by atoms with Gasteiger partial charge in [0.1, 0.15) is 0 Å². The lowest BCUT2D eigenvalue weighted by molar-refractivity contribution is -0.145. The summed E-state index contributed by atoms with van der Waals surface area (Å²) in [6.07, 6.45) is -2.76. The average molecular weight is 340 g/mol. The second-order valence-corrected chi connectivity index (χ2v) is 5.47. The minimum absolute atomic E-state index is 0.209. The van der Waals surface area contributed by atoms with Crippen LogP contribution in [0.15, 0.2) is 23.1 Å². The molecule has 3 heterocycles. The first-order valence-corrected chi connectivity index (χ1v) is 7.28. The van der Waals surface area contributed by atoms with E-state index >= 15 is 0 Å². The predicted molar refractivity (Wildman–Crippen MR) is 78.5 cm³/mol. The van der Waals surface area contributed by atoms with Gasteiger partial charge in [-0.1, -0.05) is 6.07 Å². The van der Waals surface area contributed by atoms with E-state index < -0.39 is 17.6 Å². The lowest BCUT2D eigenvalue weighted by Crippen LogP contribution is -2.36. The Balaban J connectivity index is 1.84. The van der Waals surface area contributed by atoms with E-state index in [9.17, 15) is 18.0 Å². The number of nitrogens with zero attached hydrogens (tertiary/aromatic N) is 3. The summed E-state index contributed by atoms with van der Waals surface area (Å²) in [6.45, 7) is 1.21. The fourth-order valence-electron chi connectivity index (χ4n) is 2.72. The van der Waals surface area contributed by atoms with Crippen LogP contribution in [-0.2, 0) is 25.7 Å².